The molecule has 1 aliphatic rings. The number of rotatable bonds is 5. The summed E-state index contributed by atoms with van der Waals surface area (Å²) < 4.78 is 1.11. The van der Waals surface area contributed by atoms with Crippen LogP contribution in [0.15, 0.2) is 30.3 Å². The summed E-state index contributed by atoms with van der Waals surface area (Å²) in [4.78, 5) is 16.5. The normalized spacial score (nSPS) is 18.0. The average Bonchev–Trinajstić information content (AvgIpc) is 3.25. The Morgan fingerprint density at radius 1 is 1.52 bits per heavy atom. The van der Waals surface area contributed by atoms with E-state index in [9.17, 15) is 9.90 Å². The number of hydrogen-bond donors (Lipinski definition) is 2. The number of carbonyl (C=O) groups is 1. The first-order valence-electron chi connectivity index (χ1n) is 7.07. The Morgan fingerprint density at radius 2 is 2.29 bits per heavy atom. The molecule has 1 atom stereocenters. The predicted octanol–water partition coefficient (Wildman–Crippen LogP) is 2.59. The fraction of sp³-hybridized carbons (Fsp3) is 0.375. The van der Waals surface area contributed by atoms with Gasteiger partial charge < -0.3 is 10.4 Å². The minimum Gasteiger partial charge on any atom is -0.394 e. The monoisotopic (exact) mass is 302 g/mol. The van der Waals surface area contributed by atoms with Gasteiger partial charge in [0.2, 0.25) is 5.91 Å². The van der Waals surface area contributed by atoms with Gasteiger partial charge in [0.05, 0.1) is 22.4 Å². The summed E-state index contributed by atoms with van der Waals surface area (Å²) in [5, 5.41) is 13.2. The highest BCUT2D eigenvalue weighted by atomic mass is 32.1. The molecule has 1 saturated carbocycles. The zero-order valence-electron chi connectivity index (χ0n) is 11.9. The lowest BCUT2D eigenvalue weighted by molar-refractivity contribution is -0.119. The smallest absolute Gasteiger partial charge is 0.244 e. The molecule has 3 rings (SSSR count). The van der Waals surface area contributed by atoms with Gasteiger partial charge in [0.25, 0.3) is 0 Å². The molecule has 1 aromatic carbocycles. The number of aliphatic hydroxyl groups excluding tert-OH is 1. The third-order valence-electron chi connectivity index (χ3n) is 3.90. The Morgan fingerprint density at radius 3 is 2.95 bits per heavy atom. The van der Waals surface area contributed by atoms with Crippen molar-refractivity contribution in [2.24, 2.45) is 5.92 Å². The van der Waals surface area contributed by atoms with E-state index in [1.54, 1.807) is 17.4 Å². The lowest BCUT2D eigenvalue weighted by Crippen LogP contribution is -2.50. The zero-order valence-corrected chi connectivity index (χ0v) is 12.7. The van der Waals surface area contributed by atoms with E-state index in [2.05, 4.69) is 10.3 Å². The van der Waals surface area contributed by atoms with Crippen molar-refractivity contribution in [3.05, 3.63) is 35.3 Å². The summed E-state index contributed by atoms with van der Waals surface area (Å²) in [7, 11) is 0. The summed E-state index contributed by atoms with van der Waals surface area (Å²) in [6.45, 7) is 1.87. The SMILES string of the molecule is CC(CO)(NC(=O)/C=C/c1nc2ccccc2s1)C1CC1. The molecule has 1 aliphatic carbocycles. The van der Waals surface area contributed by atoms with Gasteiger partial charge in [-0.25, -0.2) is 4.98 Å². The molecule has 1 heterocycles. The van der Waals surface area contributed by atoms with Gasteiger partial charge in [-0.1, -0.05) is 12.1 Å². The number of nitrogens with one attached hydrogen (secondary N) is 1. The number of amides is 1. The molecule has 5 heteroatoms. The lowest BCUT2D eigenvalue weighted by Gasteiger charge is -2.28. The average molecular weight is 302 g/mol. The zero-order chi connectivity index (χ0) is 14.9. The van der Waals surface area contributed by atoms with Gasteiger partial charge in [-0.2, -0.15) is 0 Å². The molecular formula is C16H18N2O2S. The van der Waals surface area contributed by atoms with E-state index in [1.807, 2.05) is 31.2 Å². The fourth-order valence-electron chi connectivity index (χ4n) is 2.42. The molecule has 0 radical (unpaired) electrons. The van der Waals surface area contributed by atoms with Crippen molar-refractivity contribution in [2.45, 2.75) is 25.3 Å². The number of aliphatic hydroxyl groups is 1. The highest BCUT2D eigenvalue weighted by Gasteiger charge is 2.41. The molecule has 0 spiro atoms. The second-order valence-electron chi connectivity index (χ2n) is 5.69. The minimum atomic E-state index is -0.505. The summed E-state index contributed by atoms with van der Waals surface area (Å²) in [5.74, 6) is 0.208. The number of hydrogen-bond acceptors (Lipinski definition) is 4. The minimum absolute atomic E-state index is 0.0294. The molecule has 1 unspecified atom stereocenters. The molecule has 0 bridgehead atoms. The van der Waals surface area contributed by atoms with Crippen molar-refractivity contribution in [1.29, 1.82) is 0 Å². The number of para-hydroxylation sites is 1. The van der Waals surface area contributed by atoms with Crippen LogP contribution in [0, 0.1) is 5.92 Å². The van der Waals surface area contributed by atoms with Gasteiger partial charge in [-0.15, -0.1) is 11.3 Å². The Kier molecular flexibility index (Phi) is 3.78. The molecule has 21 heavy (non-hydrogen) atoms. The maximum atomic E-state index is 12.0. The van der Waals surface area contributed by atoms with Gasteiger partial charge in [0, 0.05) is 6.08 Å². The lowest BCUT2D eigenvalue weighted by atomic mass is 9.97. The quantitative estimate of drug-likeness (QED) is 0.835. The summed E-state index contributed by atoms with van der Waals surface area (Å²) >= 11 is 1.55. The number of aromatic nitrogens is 1. The van der Waals surface area contributed by atoms with Crippen molar-refractivity contribution >= 4 is 33.5 Å². The van der Waals surface area contributed by atoms with E-state index < -0.39 is 5.54 Å². The highest BCUT2D eigenvalue weighted by Crippen LogP contribution is 2.39. The molecule has 2 aromatic rings. The number of nitrogens with zero attached hydrogens (tertiary/aromatic N) is 1. The van der Waals surface area contributed by atoms with Crippen molar-refractivity contribution in [2.75, 3.05) is 6.61 Å². The van der Waals surface area contributed by atoms with E-state index in [4.69, 9.17) is 0 Å². The maximum Gasteiger partial charge on any atom is 0.244 e. The predicted molar refractivity (Wildman–Crippen MR) is 85.0 cm³/mol. The van der Waals surface area contributed by atoms with Crippen LogP contribution in [0.4, 0.5) is 0 Å². The number of fused-ring (bicyclic) bond motifs is 1. The summed E-state index contributed by atoms with van der Waals surface area (Å²) in [5.41, 5.74) is 0.440. The van der Waals surface area contributed by atoms with E-state index in [0.29, 0.717) is 5.92 Å². The van der Waals surface area contributed by atoms with Crippen molar-refractivity contribution in [3.8, 4) is 0 Å². The Balaban J connectivity index is 1.68. The summed E-state index contributed by atoms with van der Waals surface area (Å²) in [6.07, 6.45) is 5.36. The number of benzene rings is 1. The molecule has 1 amide bonds. The van der Waals surface area contributed by atoms with Crippen LogP contribution in [0.2, 0.25) is 0 Å². The second-order valence-corrected chi connectivity index (χ2v) is 6.75. The topological polar surface area (TPSA) is 62.2 Å². The third-order valence-corrected chi connectivity index (χ3v) is 4.90. The van der Waals surface area contributed by atoms with Crippen LogP contribution in [-0.4, -0.2) is 28.1 Å². The Bertz CT molecular complexity index is 657. The molecular weight excluding hydrogens is 284 g/mol. The Hall–Kier alpha value is -1.72. The van der Waals surface area contributed by atoms with Crippen LogP contribution in [0.25, 0.3) is 16.3 Å². The first kappa shape index (κ1) is 14.2. The van der Waals surface area contributed by atoms with Gasteiger partial charge in [0.1, 0.15) is 5.01 Å². The fourth-order valence-corrected chi connectivity index (χ4v) is 3.29. The summed E-state index contributed by atoms with van der Waals surface area (Å²) in [6, 6.07) is 7.90. The van der Waals surface area contributed by atoms with E-state index in [-0.39, 0.29) is 12.5 Å². The van der Waals surface area contributed by atoms with Crippen LogP contribution >= 0.6 is 11.3 Å². The van der Waals surface area contributed by atoms with Crippen LogP contribution < -0.4 is 5.32 Å². The Labute approximate surface area is 127 Å². The van der Waals surface area contributed by atoms with Gasteiger partial charge in [0.15, 0.2) is 0 Å². The van der Waals surface area contributed by atoms with E-state index >= 15 is 0 Å². The molecule has 2 N–H and O–H groups in total. The van der Waals surface area contributed by atoms with Crippen molar-refractivity contribution in [3.63, 3.8) is 0 Å². The molecule has 0 aliphatic heterocycles. The second kappa shape index (κ2) is 5.58. The number of thiazole rings is 1. The van der Waals surface area contributed by atoms with Crippen molar-refractivity contribution < 1.29 is 9.90 Å². The van der Waals surface area contributed by atoms with Gasteiger partial charge >= 0.3 is 0 Å². The maximum absolute atomic E-state index is 12.0. The standard InChI is InChI=1S/C16H18N2O2S/c1-16(10-19,11-6-7-11)18-14(20)8-9-15-17-12-4-2-3-5-13(12)21-15/h2-5,8-9,11,19H,6-7,10H2,1H3,(H,18,20)/b9-8+. The highest BCUT2D eigenvalue weighted by molar-refractivity contribution is 7.19. The molecule has 0 saturated heterocycles. The molecule has 4 nitrogen and oxygen atoms in total. The molecule has 1 fully saturated rings. The van der Waals surface area contributed by atoms with Crippen LogP contribution in [0.1, 0.15) is 24.8 Å². The van der Waals surface area contributed by atoms with E-state index in [0.717, 1.165) is 28.1 Å². The molecule has 1 aromatic heterocycles. The van der Waals surface area contributed by atoms with Crippen LogP contribution in [0.3, 0.4) is 0 Å². The first-order chi connectivity index (χ1) is 10.1. The largest absolute Gasteiger partial charge is 0.394 e. The van der Waals surface area contributed by atoms with Gasteiger partial charge in [-0.05, 0) is 43.9 Å². The first-order valence-corrected chi connectivity index (χ1v) is 7.89. The number of carbonyl (C=O) groups excluding carboxylic acids is 1. The van der Waals surface area contributed by atoms with Crippen LogP contribution in [-0.2, 0) is 4.79 Å². The molecule has 110 valence electrons. The van der Waals surface area contributed by atoms with Crippen molar-refractivity contribution in [1.82, 2.24) is 10.3 Å². The van der Waals surface area contributed by atoms with Gasteiger partial charge in [-0.3, -0.25) is 4.79 Å². The van der Waals surface area contributed by atoms with E-state index in [1.165, 1.54) is 6.08 Å². The third kappa shape index (κ3) is 3.14. The van der Waals surface area contributed by atoms with Crippen LogP contribution in [0.5, 0.6) is 0 Å².